The van der Waals surface area contributed by atoms with Crippen LogP contribution >= 0.6 is 37.2 Å². The Balaban J connectivity index is 0.00000208. The third kappa shape index (κ3) is 8.57. The summed E-state index contributed by atoms with van der Waals surface area (Å²) in [5.41, 5.74) is 8.87. The van der Waals surface area contributed by atoms with E-state index in [9.17, 15) is 18.0 Å². The third-order valence-electron chi connectivity index (χ3n) is 8.66. The number of tetrazole rings is 1. The zero-order valence-electron chi connectivity index (χ0n) is 26.1. The molecule has 2 aliphatic heterocycles. The molecule has 260 valence electrons. The molecule has 1 aromatic heterocycles. The number of primary amides is 1. The molecular formula is C32H38Cl3F3N8O2. The first-order valence-electron chi connectivity index (χ1n) is 14.8. The first kappa shape index (κ1) is 39.0. The van der Waals surface area contributed by atoms with E-state index in [2.05, 4.69) is 78.8 Å². The molecule has 0 bridgehead atoms. The fourth-order valence-corrected chi connectivity index (χ4v) is 6.82. The molecule has 10 nitrogen and oxygen atoms in total. The molecule has 0 unspecified atom stereocenters. The fourth-order valence-electron chi connectivity index (χ4n) is 6.82. The van der Waals surface area contributed by atoms with E-state index in [-0.39, 0.29) is 73.4 Å². The first-order valence-corrected chi connectivity index (χ1v) is 14.8. The van der Waals surface area contributed by atoms with Crippen molar-refractivity contribution in [2.24, 2.45) is 5.73 Å². The summed E-state index contributed by atoms with van der Waals surface area (Å²) in [6.45, 7) is 4.19. The molecule has 0 saturated carbocycles. The van der Waals surface area contributed by atoms with Gasteiger partial charge in [-0.25, -0.2) is 0 Å². The van der Waals surface area contributed by atoms with Gasteiger partial charge in [0.25, 0.3) is 5.82 Å². The van der Waals surface area contributed by atoms with Gasteiger partial charge in [0, 0.05) is 62.8 Å². The van der Waals surface area contributed by atoms with Crippen LogP contribution in [0.3, 0.4) is 0 Å². The first-order chi connectivity index (χ1) is 21.7. The monoisotopic (exact) mass is 728 g/mol. The fraction of sp³-hybridized carbons (Fsp3) is 0.375. The van der Waals surface area contributed by atoms with Crippen molar-refractivity contribution in [3.05, 3.63) is 101 Å². The summed E-state index contributed by atoms with van der Waals surface area (Å²) in [4.78, 5) is 18.8. The van der Waals surface area contributed by atoms with E-state index in [0.29, 0.717) is 42.2 Å². The second-order valence-electron chi connectivity index (χ2n) is 11.6. The van der Waals surface area contributed by atoms with Crippen molar-refractivity contribution in [3.8, 4) is 11.4 Å². The molecule has 3 heterocycles. The third-order valence-corrected chi connectivity index (χ3v) is 8.66. The molecule has 0 spiro atoms. The molecule has 2 saturated heterocycles. The van der Waals surface area contributed by atoms with Crippen molar-refractivity contribution >= 4 is 43.1 Å². The number of fused-ring (bicyclic) bond motifs is 1. The van der Waals surface area contributed by atoms with E-state index in [0.717, 1.165) is 13.1 Å². The predicted molar refractivity (Wildman–Crippen MR) is 182 cm³/mol. The summed E-state index contributed by atoms with van der Waals surface area (Å²) >= 11 is 0. The molecule has 1 amide bonds. The number of benzene rings is 3. The summed E-state index contributed by atoms with van der Waals surface area (Å²) in [5.74, 6) is -0.940. The lowest BCUT2D eigenvalue weighted by atomic mass is 9.81. The minimum atomic E-state index is -4.71. The van der Waals surface area contributed by atoms with E-state index in [1.54, 1.807) is 19.2 Å². The maximum atomic E-state index is 13.6. The van der Waals surface area contributed by atoms with Crippen molar-refractivity contribution in [3.63, 3.8) is 0 Å². The van der Waals surface area contributed by atoms with Crippen molar-refractivity contribution in [1.29, 1.82) is 0 Å². The number of piperazine rings is 2. The summed E-state index contributed by atoms with van der Waals surface area (Å²) in [6.07, 6.45) is -4.71. The maximum absolute atomic E-state index is 13.6. The summed E-state index contributed by atoms with van der Waals surface area (Å²) < 4.78 is 47.2. The minimum Gasteiger partial charge on any atom is -0.496 e. The zero-order chi connectivity index (χ0) is 31.6. The number of hydrogen-bond donors (Lipinski definition) is 1. The second kappa shape index (κ2) is 16.8. The van der Waals surface area contributed by atoms with Crippen LogP contribution in [-0.4, -0.2) is 99.3 Å². The van der Waals surface area contributed by atoms with Gasteiger partial charge >= 0.3 is 6.18 Å². The molecule has 0 aliphatic carbocycles. The number of halogens is 6. The molecule has 2 atom stereocenters. The van der Waals surface area contributed by atoms with Gasteiger partial charge in [-0.3, -0.25) is 19.5 Å². The number of methoxy groups -OCH3 is 1. The van der Waals surface area contributed by atoms with Gasteiger partial charge in [0.2, 0.25) is 5.91 Å². The Labute approximate surface area is 295 Å². The number of aromatic nitrogens is 4. The number of carbonyl (C=O) groups is 1. The van der Waals surface area contributed by atoms with Gasteiger partial charge in [-0.15, -0.1) is 42.3 Å². The highest BCUT2D eigenvalue weighted by Gasteiger charge is 2.43. The lowest BCUT2D eigenvalue weighted by Crippen LogP contribution is -2.67. The van der Waals surface area contributed by atoms with E-state index in [4.69, 9.17) is 10.5 Å². The molecule has 48 heavy (non-hydrogen) atoms. The SMILES string of the molecule is COc1ccc(-n2nnnc2C(F)(F)F)cc1CN1C[C@@H]2CN(CC(N)=O)CCN2[C@H](C(c2ccccc2)c2ccccc2)C1.Cl.Cl.Cl. The van der Waals surface area contributed by atoms with Gasteiger partial charge in [0.15, 0.2) is 0 Å². The standard InChI is InChI=1S/C32H35F3N8O2.3ClH/c1-45-28-13-12-25(43-31(32(33,34)35)37-38-39-43)16-24(28)17-41-19-26-18-40(21-29(36)44)14-15-42(26)27(20-41)30(22-8-4-2-5-9-22)23-10-6-3-7-11-23;;;/h2-13,16,26-27,30H,14-15,17-21H2,1H3,(H2,36,44);3*1H/t26-,27-;;;/m0.../s1. The Bertz CT molecular complexity index is 1580. The van der Waals surface area contributed by atoms with Gasteiger partial charge in [-0.05, 0) is 39.8 Å². The smallest absolute Gasteiger partial charge is 0.453 e. The van der Waals surface area contributed by atoms with Crippen LogP contribution in [-0.2, 0) is 17.5 Å². The number of ether oxygens (including phenoxy) is 1. The average molecular weight is 730 g/mol. The van der Waals surface area contributed by atoms with E-state index < -0.39 is 12.0 Å². The van der Waals surface area contributed by atoms with Crippen LogP contribution in [0.15, 0.2) is 78.9 Å². The van der Waals surface area contributed by atoms with Crippen LogP contribution in [0.25, 0.3) is 5.69 Å². The molecule has 16 heteroatoms. The predicted octanol–water partition coefficient (Wildman–Crippen LogP) is 4.44. The molecule has 3 aromatic carbocycles. The second-order valence-corrected chi connectivity index (χ2v) is 11.6. The normalized spacial score (nSPS) is 18.6. The molecule has 0 radical (unpaired) electrons. The number of carbonyl (C=O) groups excluding carboxylic acids is 1. The Morgan fingerprint density at radius 1 is 0.917 bits per heavy atom. The highest BCUT2D eigenvalue weighted by atomic mass is 35.5. The molecule has 2 aliphatic rings. The van der Waals surface area contributed by atoms with Crippen LogP contribution in [0, 0.1) is 0 Å². The number of nitrogens with two attached hydrogens (primary N) is 1. The highest BCUT2D eigenvalue weighted by molar-refractivity contribution is 5.86. The topological polar surface area (TPSA) is 106 Å². The molecule has 6 rings (SSSR count). The van der Waals surface area contributed by atoms with Gasteiger partial charge in [-0.1, -0.05) is 60.7 Å². The van der Waals surface area contributed by atoms with Crippen molar-refractivity contribution < 1.29 is 22.7 Å². The summed E-state index contributed by atoms with van der Waals surface area (Å²) in [5, 5.41) is 10.1. The van der Waals surface area contributed by atoms with Crippen LogP contribution in [0.1, 0.15) is 28.4 Å². The number of nitrogens with zero attached hydrogens (tertiary/aromatic N) is 7. The van der Waals surface area contributed by atoms with Crippen molar-refractivity contribution in [1.82, 2.24) is 34.9 Å². The van der Waals surface area contributed by atoms with E-state index in [1.807, 2.05) is 12.1 Å². The number of amides is 1. The van der Waals surface area contributed by atoms with Crippen LogP contribution < -0.4 is 10.5 Å². The van der Waals surface area contributed by atoms with Crippen molar-refractivity contribution in [2.45, 2.75) is 30.7 Å². The van der Waals surface area contributed by atoms with Crippen LogP contribution in [0.5, 0.6) is 5.75 Å². The lowest BCUT2D eigenvalue weighted by Gasteiger charge is -2.53. The average Bonchev–Trinajstić information content (AvgIpc) is 3.53. The molecule has 4 aromatic rings. The largest absolute Gasteiger partial charge is 0.496 e. The summed E-state index contributed by atoms with van der Waals surface area (Å²) in [6, 6.07) is 25.9. The molecule has 2 fully saturated rings. The maximum Gasteiger partial charge on any atom is 0.453 e. The van der Waals surface area contributed by atoms with Gasteiger partial charge in [0.05, 0.1) is 19.3 Å². The van der Waals surface area contributed by atoms with Gasteiger partial charge < -0.3 is 10.5 Å². The Morgan fingerprint density at radius 2 is 1.54 bits per heavy atom. The van der Waals surface area contributed by atoms with Gasteiger partial charge in [0.1, 0.15) is 5.75 Å². The number of hydrogen-bond acceptors (Lipinski definition) is 8. The number of alkyl halides is 3. The van der Waals surface area contributed by atoms with E-state index in [1.165, 1.54) is 17.2 Å². The van der Waals surface area contributed by atoms with Crippen molar-refractivity contribution in [2.75, 3.05) is 46.4 Å². The van der Waals surface area contributed by atoms with Crippen LogP contribution in [0.4, 0.5) is 13.2 Å². The number of rotatable bonds is 9. The highest BCUT2D eigenvalue weighted by Crippen LogP contribution is 2.37. The Kier molecular flexibility index (Phi) is 13.6. The lowest BCUT2D eigenvalue weighted by molar-refractivity contribution is -0.146. The van der Waals surface area contributed by atoms with E-state index >= 15 is 0 Å². The Morgan fingerprint density at radius 3 is 2.12 bits per heavy atom. The molecule has 2 N–H and O–H groups in total. The molecular weight excluding hydrogens is 692 g/mol. The zero-order valence-corrected chi connectivity index (χ0v) is 28.5. The minimum absolute atomic E-state index is 0. The summed E-state index contributed by atoms with van der Waals surface area (Å²) in [7, 11) is 1.54. The van der Waals surface area contributed by atoms with Gasteiger partial charge in [-0.2, -0.15) is 17.9 Å². The quantitative estimate of drug-likeness (QED) is 0.270. The Hall–Kier alpha value is -3.46. The van der Waals surface area contributed by atoms with Crippen LogP contribution in [0.2, 0.25) is 0 Å².